The normalized spacial score (nSPS) is 23.9. The Hall–Kier alpha value is -1.61. The summed E-state index contributed by atoms with van der Waals surface area (Å²) in [7, 11) is 0. The van der Waals surface area contributed by atoms with Crippen molar-refractivity contribution < 1.29 is 9.90 Å². The van der Waals surface area contributed by atoms with Crippen LogP contribution in [0.3, 0.4) is 0 Å². The molecule has 2 rings (SSSR count). The zero-order chi connectivity index (χ0) is 14.6. The molecule has 1 saturated heterocycles. The smallest absolute Gasteiger partial charge is 0.246 e. The zero-order valence-corrected chi connectivity index (χ0v) is 12.3. The average Bonchev–Trinajstić information content (AvgIpc) is 2.58. The van der Waals surface area contributed by atoms with Gasteiger partial charge in [0.1, 0.15) is 0 Å². The molecule has 108 valence electrons. The summed E-state index contributed by atoms with van der Waals surface area (Å²) in [6.45, 7) is 5.24. The Bertz CT molecular complexity index is 505. The van der Waals surface area contributed by atoms with Gasteiger partial charge in [-0.25, -0.2) is 0 Å². The van der Waals surface area contributed by atoms with Crippen LogP contribution in [0.25, 0.3) is 6.08 Å². The van der Waals surface area contributed by atoms with Gasteiger partial charge in [0.2, 0.25) is 5.91 Å². The Morgan fingerprint density at radius 3 is 2.80 bits per heavy atom. The van der Waals surface area contributed by atoms with Gasteiger partial charge in [0.05, 0.1) is 5.60 Å². The maximum atomic E-state index is 12.2. The lowest BCUT2D eigenvalue weighted by Crippen LogP contribution is -2.32. The second kappa shape index (κ2) is 6.23. The quantitative estimate of drug-likeness (QED) is 0.842. The molecular weight excluding hydrogens is 250 g/mol. The van der Waals surface area contributed by atoms with Crippen molar-refractivity contribution in [3.8, 4) is 0 Å². The van der Waals surface area contributed by atoms with Crippen LogP contribution in [0.2, 0.25) is 0 Å². The molecule has 0 radical (unpaired) electrons. The fraction of sp³-hybridized carbons (Fsp3) is 0.471. The first kappa shape index (κ1) is 14.8. The van der Waals surface area contributed by atoms with E-state index in [2.05, 4.69) is 0 Å². The molecule has 1 N–H and O–H groups in total. The van der Waals surface area contributed by atoms with E-state index in [1.807, 2.05) is 49.1 Å². The summed E-state index contributed by atoms with van der Waals surface area (Å²) in [5.41, 5.74) is 1.60. The fourth-order valence-electron chi connectivity index (χ4n) is 2.52. The minimum atomic E-state index is -0.630. The van der Waals surface area contributed by atoms with E-state index in [0.29, 0.717) is 13.0 Å². The fourth-order valence-corrected chi connectivity index (χ4v) is 2.52. The number of hydrogen-bond donors (Lipinski definition) is 1. The lowest BCUT2D eigenvalue weighted by Gasteiger charge is -2.21. The monoisotopic (exact) mass is 273 g/mol. The van der Waals surface area contributed by atoms with Crippen LogP contribution in [-0.4, -0.2) is 34.6 Å². The van der Waals surface area contributed by atoms with Crippen molar-refractivity contribution >= 4 is 12.0 Å². The summed E-state index contributed by atoms with van der Waals surface area (Å²) in [6, 6.07) is 8.01. The van der Waals surface area contributed by atoms with E-state index < -0.39 is 5.60 Å². The second-order valence-corrected chi connectivity index (χ2v) is 5.87. The molecule has 1 atom stereocenters. The van der Waals surface area contributed by atoms with Crippen molar-refractivity contribution in [1.82, 2.24) is 4.90 Å². The molecule has 1 aromatic carbocycles. The minimum absolute atomic E-state index is 0.0333. The van der Waals surface area contributed by atoms with Gasteiger partial charge in [0, 0.05) is 19.2 Å². The van der Waals surface area contributed by atoms with E-state index >= 15 is 0 Å². The molecule has 20 heavy (non-hydrogen) atoms. The van der Waals surface area contributed by atoms with Gasteiger partial charge in [-0.1, -0.05) is 24.3 Å². The van der Waals surface area contributed by atoms with Crippen LogP contribution in [0, 0.1) is 6.92 Å². The van der Waals surface area contributed by atoms with Crippen LogP contribution >= 0.6 is 0 Å². The van der Waals surface area contributed by atoms with Crippen LogP contribution in [0.1, 0.15) is 37.3 Å². The number of hydrogen-bond acceptors (Lipinski definition) is 2. The van der Waals surface area contributed by atoms with Crippen molar-refractivity contribution in [1.29, 1.82) is 0 Å². The first-order chi connectivity index (χ1) is 9.48. The Labute approximate surface area is 120 Å². The van der Waals surface area contributed by atoms with Crippen molar-refractivity contribution in [2.24, 2.45) is 0 Å². The van der Waals surface area contributed by atoms with E-state index in [1.165, 1.54) is 0 Å². The number of aryl methyl sites for hydroxylation is 1. The van der Waals surface area contributed by atoms with Crippen molar-refractivity contribution in [2.45, 2.75) is 38.7 Å². The highest BCUT2D eigenvalue weighted by molar-refractivity contribution is 5.92. The third kappa shape index (κ3) is 3.94. The number of rotatable bonds is 2. The zero-order valence-electron chi connectivity index (χ0n) is 12.3. The SMILES string of the molecule is Cc1ccccc1/C=C/C(=O)N1CCCC(C)(O)CC1. The molecule has 0 bridgehead atoms. The molecule has 3 nitrogen and oxygen atoms in total. The third-order valence-electron chi connectivity index (χ3n) is 3.97. The molecule has 1 amide bonds. The molecule has 0 spiro atoms. The highest BCUT2D eigenvalue weighted by atomic mass is 16.3. The van der Waals surface area contributed by atoms with Gasteiger partial charge in [-0.2, -0.15) is 0 Å². The maximum Gasteiger partial charge on any atom is 0.246 e. The van der Waals surface area contributed by atoms with E-state index in [1.54, 1.807) is 6.08 Å². The van der Waals surface area contributed by atoms with Crippen LogP contribution in [0.15, 0.2) is 30.3 Å². The number of carbonyl (C=O) groups is 1. The van der Waals surface area contributed by atoms with Crippen LogP contribution in [0.5, 0.6) is 0 Å². The van der Waals surface area contributed by atoms with Gasteiger partial charge < -0.3 is 10.0 Å². The number of carbonyl (C=O) groups excluding carboxylic acids is 1. The third-order valence-corrected chi connectivity index (χ3v) is 3.97. The molecule has 1 aliphatic rings. The topological polar surface area (TPSA) is 40.5 Å². The highest BCUT2D eigenvalue weighted by Crippen LogP contribution is 2.21. The van der Waals surface area contributed by atoms with Crippen LogP contribution < -0.4 is 0 Å². The predicted octanol–water partition coefficient (Wildman–Crippen LogP) is 2.77. The average molecular weight is 273 g/mol. The lowest BCUT2D eigenvalue weighted by molar-refractivity contribution is -0.126. The Kier molecular flexibility index (Phi) is 4.61. The number of benzene rings is 1. The summed E-state index contributed by atoms with van der Waals surface area (Å²) in [5.74, 6) is 0.0333. The van der Waals surface area contributed by atoms with Crippen molar-refractivity contribution in [3.63, 3.8) is 0 Å². The first-order valence-corrected chi connectivity index (χ1v) is 7.23. The molecule has 1 aliphatic heterocycles. The number of nitrogens with zero attached hydrogens (tertiary/aromatic N) is 1. The summed E-state index contributed by atoms with van der Waals surface area (Å²) in [5, 5.41) is 10.0. The van der Waals surface area contributed by atoms with Gasteiger partial charge in [-0.05, 0) is 50.3 Å². The van der Waals surface area contributed by atoms with Crippen LogP contribution in [-0.2, 0) is 4.79 Å². The van der Waals surface area contributed by atoms with E-state index in [-0.39, 0.29) is 5.91 Å². The van der Waals surface area contributed by atoms with E-state index in [4.69, 9.17) is 0 Å². The molecule has 1 heterocycles. The maximum absolute atomic E-state index is 12.2. The van der Waals surface area contributed by atoms with Gasteiger partial charge in [-0.15, -0.1) is 0 Å². The van der Waals surface area contributed by atoms with Gasteiger partial charge in [0.25, 0.3) is 0 Å². The summed E-state index contributed by atoms with van der Waals surface area (Å²) in [6.07, 6.45) is 5.79. The first-order valence-electron chi connectivity index (χ1n) is 7.23. The Morgan fingerprint density at radius 2 is 2.05 bits per heavy atom. The minimum Gasteiger partial charge on any atom is -0.390 e. The van der Waals surface area contributed by atoms with Gasteiger partial charge in [-0.3, -0.25) is 4.79 Å². The molecule has 1 unspecified atom stereocenters. The molecule has 1 aromatic rings. The largest absolute Gasteiger partial charge is 0.390 e. The van der Waals surface area contributed by atoms with Crippen molar-refractivity contribution in [3.05, 3.63) is 41.5 Å². The lowest BCUT2D eigenvalue weighted by atomic mass is 9.98. The number of amides is 1. The van der Waals surface area contributed by atoms with Crippen molar-refractivity contribution in [2.75, 3.05) is 13.1 Å². The molecule has 1 fully saturated rings. The summed E-state index contributed by atoms with van der Waals surface area (Å²) in [4.78, 5) is 14.0. The predicted molar refractivity (Wildman–Crippen MR) is 81.3 cm³/mol. The molecule has 3 heteroatoms. The van der Waals surface area contributed by atoms with Gasteiger partial charge >= 0.3 is 0 Å². The van der Waals surface area contributed by atoms with Gasteiger partial charge in [0.15, 0.2) is 0 Å². The summed E-state index contributed by atoms with van der Waals surface area (Å²) >= 11 is 0. The highest BCUT2D eigenvalue weighted by Gasteiger charge is 2.26. The molecule has 0 aliphatic carbocycles. The second-order valence-electron chi connectivity index (χ2n) is 5.87. The van der Waals surface area contributed by atoms with Crippen LogP contribution in [0.4, 0.5) is 0 Å². The molecular formula is C17H23NO2. The number of likely N-dealkylation sites (tertiary alicyclic amines) is 1. The molecule has 0 aromatic heterocycles. The summed E-state index contributed by atoms with van der Waals surface area (Å²) < 4.78 is 0. The molecule has 0 saturated carbocycles. The number of aliphatic hydroxyl groups is 1. The Morgan fingerprint density at radius 1 is 1.30 bits per heavy atom. The van der Waals surface area contributed by atoms with E-state index in [9.17, 15) is 9.90 Å². The standard InChI is InChI=1S/C17H23NO2/c1-14-6-3-4-7-15(14)8-9-16(19)18-12-5-10-17(2,20)11-13-18/h3-4,6-9,20H,5,10-13H2,1-2H3/b9-8+. The van der Waals surface area contributed by atoms with E-state index in [0.717, 1.165) is 30.5 Å². The Balaban J connectivity index is 2.00.